The fourth-order valence-electron chi connectivity index (χ4n) is 2.12. The standard InChI is InChI=1S/C13H17N3O3S2/c1-2-7-20-9-13(17)15-11-4-3-10-5-6-16(12(10)8-11)21(14,18)19/h2-4,8H,1,5-7,9H2,(H,15,17)(H2,14,18,19). The lowest BCUT2D eigenvalue weighted by Crippen LogP contribution is -2.35. The molecule has 0 atom stereocenters. The van der Waals surface area contributed by atoms with Crippen LogP contribution < -0.4 is 14.8 Å². The van der Waals surface area contributed by atoms with E-state index in [0.717, 1.165) is 9.87 Å². The highest BCUT2D eigenvalue weighted by Gasteiger charge is 2.26. The second-order valence-electron chi connectivity index (χ2n) is 4.56. The number of benzene rings is 1. The number of nitrogens with one attached hydrogen (secondary N) is 1. The minimum atomic E-state index is -3.77. The molecule has 1 amide bonds. The van der Waals surface area contributed by atoms with E-state index >= 15 is 0 Å². The van der Waals surface area contributed by atoms with Crippen molar-refractivity contribution in [2.24, 2.45) is 5.14 Å². The minimum Gasteiger partial charge on any atom is -0.325 e. The van der Waals surface area contributed by atoms with E-state index < -0.39 is 10.2 Å². The Balaban J connectivity index is 2.10. The fourth-order valence-corrected chi connectivity index (χ4v) is 3.46. The van der Waals surface area contributed by atoms with Gasteiger partial charge in [0.05, 0.1) is 11.4 Å². The van der Waals surface area contributed by atoms with Crippen LogP contribution in [0.3, 0.4) is 0 Å². The van der Waals surface area contributed by atoms with E-state index in [0.29, 0.717) is 35.8 Å². The molecule has 6 nitrogen and oxygen atoms in total. The lowest BCUT2D eigenvalue weighted by molar-refractivity contribution is -0.113. The van der Waals surface area contributed by atoms with E-state index in [-0.39, 0.29) is 5.91 Å². The Morgan fingerprint density at radius 1 is 1.52 bits per heavy atom. The summed E-state index contributed by atoms with van der Waals surface area (Å²) >= 11 is 1.45. The van der Waals surface area contributed by atoms with Crippen LogP contribution in [0.25, 0.3) is 0 Å². The summed E-state index contributed by atoms with van der Waals surface area (Å²) in [5.41, 5.74) is 2.01. The zero-order valence-electron chi connectivity index (χ0n) is 11.4. The molecular weight excluding hydrogens is 310 g/mol. The first-order valence-electron chi connectivity index (χ1n) is 6.33. The highest BCUT2D eigenvalue weighted by molar-refractivity contribution is 8.00. The highest BCUT2D eigenvalue weighted by Crippen LogP contribution is 2.32. The average Bonchev–Trinajstić information content (AvgIpc) is 2.82. The molecule has 21 heavy (non-hydrogen) atoms. The highest BCUT2D eigenvalue weighted by atomic mass is 32.2. The summed E-state index contributed by atoms with van der Waals surface area (Å²) in [5, 5.41) is 7.93. The zero-order chi connectivity index (χ0) is 15.5. The first-order valence-corrected chi connectivity index (χ1v) is 8.99. The van der Waals surface area contributed by atoms with E-state index in [9.17, 15) is 13.2 Å². The first-order chi connectivity index (χ1) is 9.91. The van der Waals surface area contributed by atoms with Crippen molar-refractivity contribution in [1.29, 1.82) is 0 Å². The summed E-state index contributed by atoms with van der Waals surface area (Å²) < 4.78 is 24.2. The van der Waals surface area contributed by atoms with Crippen molar-refractivity contribution in [3.05, 3.63) is 36.4 Å². The molecule has 0 fully saturated rings. The summed E-state index contributed by atoms with van der Waals surface area (Å²) in [6.07, 6.45) is 2.35. The van der Waals surface area contributed by atoms with Crippen molar-refractivity contribution in [3.63, 3.8) is 0 Å². The number of anilines is 2. The van der Waals surface area contributed by atoms with Crippen LogP contribution in [-0.2, 0) is 21.4 Å². The number of rotatable bonds is 6. The summed E-state index contributed by atoms with van der Waals surface area (Å²) in [7, 11) is -3.77. The van der Waals surface area contributed by atoms with Crippen molar-refractivity contribution < 1.29 is 13.2 Å². The van der Waals surface area contributed by atoms with Gasteiger partial charge in [-0.25, -0.2) is 5.14 Å². The number of nitrogens with two attached hydrogens (primary N) is 1. The molecule has 8 heteroatoms. The maximum Gasteiger partial charge on any atom is 0.299 e. The lowest BCUT2D eigenvalue weighted by Gasteiger charge is -2.16. The molecule has 114 valence electrons. The Hall–Kier alpha value is -1.51. The van der Waals surface area contributed by atoms with E-state index in [1.54, 1.807) is 18.2 Å². The Labute approximate surface area is 128 Å². The van der Waals surface area contributed by atoms with Crippen molar-refractivity contribution in [2.45, 2.75) is 6.42 Å². The van der Waals surface area contributed by atoms with Gasteiger partial charge >= 0.3 is 0 Å². The number of fused-ring (bicyclic) bond motifs is 1. The van der Waals surface area contributed by atoms with Gasteiger partial charge in [0.25, 0.3) is 10.2 Å². The molecule has 1 aromatic carbocycles. The van der Waals surface area contributed by atoms with Crippen LogP contribution in [0.15, 0.2) is 30.9 Å². The van der Waals surface area contributed by atoms with Crippen LogP contribution in [0.2, 0.25) is 0 Å². The van der Waals surface area contributed by atoms with Gasteiger partial charge in [0.1, 0.15) is 0 Å². The van der Waals surface area contributed by atoms with E-state index in [2.05, 4.69) is 11.9 Å². The van der Waals surface area contributed by atoms with E-state index in [1.165, 1.54) is 11.8 Å². The first kappa shape index (κ1) is 15.9. The Morgan fingerprint density at radius 2 is 2.29 bits per heavy atom. The predicted octanol–water partition coefficient (Wildman–Crippen LogP) is 1.11. The normalized spacial score (nSPS) is 13.9. The third kappa shape index (κ3) is 3.99. The van der Waals surface area contributed by atoms with Crippen LogP contribution in [0.5, 0.6) is 0 Å². The van der Waals surface area contributed by atoms with Gasteiger partial charge in [0.2, 0.25) is 5.91 Å². The molecule has 3 N–H and O–H groups in total. The van der Waals surface area contributed by atoms with Crippen molar-refractivity contribution in [1.82, 2.24) is 0 Å². The van der Waals surface area contributed by atoms with Crippen LogP contribution in [0.4, 0.5) is 11.4 Å². The second-order valence-corrected chi connectivity index (χ2v) is 7.06. The molecule has 0 saturated heterocycles. The molecule has 2 rings (SSSR count). The Kier molecular flexibility index (Phi) is 4.92. The molecule has 1 aliphatic rings. The zero-order valence-corrected chi connectivity index (χ0v) is 13.0. The topological polar surface area (TPSA) is 92.5 Å². The smallest absolute Gasteiger partial charge is 0.299 e. The summed E-state index contributed by atoms with van der Waals surface area (Å²) in [6, 6.07) is 5.22. The predicted molar refractivity (Wildman–Crippen MR) is 86.8 cm³/mol. The number of thioether (sulfide) groups is 1. The van der Waals surface area contributed by atoms with Gasteiger partial charge in [-0.3, -0.25) is 9.10 Å². The molecule has 1 heterocycles. The van der Waals surface area contributed by atoms with Gasteiger partial charge in [-0.2, -0.15) is 8.42 Å². The van der Waals surface area contributed by atoms with Gasteiger partial charge in [-0.05, 0) is 24.1 Å². The monoisotopic (exact) mass is 327 g/mol. The van der Waals surface area contributed by atoms with Crippen LogP contribution in [0, 0.1) is 0 Å². The largest absolute Gasteiger partial charge is 0.325 e. The molecule has 1 aliphatic heterocycles. The molecule has 0 spiro atoms. The van der Waals surface area contributed by atoms with Crippen LogP contribution >= 0.6 is 11.8 Å². The number of carbonyl (C=O) groups is 1. The third-order valence-corrected chi connectivity index (χ3v) is 4.93. The molecule has 0 aliphatic carbocycles. The Bertz CT molecular complexity index is 659. The third-order valence-electron chi connectivity index (χ3n) is 3.00. The van der Waals surface area contributed by atoms with Gasteiger partial charge in [0.15, 0.2) is 0 Å². The number of hydrogen-bond donors (Lipinski definition) is 2. The molecule has 1 aromatic rings. The lowest BCUT2D eigenvalue weighted by atomic mass is 10.1. The molecule has 0 bridgehead atoms. The van der Waals surface area contributed by atoms with Gasteiger partial charge in [-0.1, -0.05) is 12.1 Å². The maximum absolute atomic E-state index is 11.7. The van der Waals surface area contributed by atoms with E-state index in [1.807, 2.05) is 6.07 Å². The van der Waals surface area contributed by atoms with Crippen LogP contribution in [0.1, 0.15) is 5.56 Å². The molecular formula is C13H17N3O3S2. The fraction of sp³-hybridized carbons (Fsp3) is 0.308. The van der Waals surface area contributed by atoms with Crippen molar-refractivity contribution in [2.75, 3.05) is 27.7 Å². The molecule has 0 saturated carbocycles. The van der Waals surface area contributed by atoms with Gasteiger partial charge in [-0.15, -0.1) is 18.3 Å². The quantitative estimate of drug-likeness (QED) is 0.605. The summed E-state index contributed by atoms with van der Waals surface area (Å²) in [4.78, 5) is 11.7. The molecule has 0 unspecified atom stereocenters. The number of amides is 1. The van der Waals surface area contributed by atoms with Crippen molar-refractivity contribution in [3.8, 4) is 0 Å². The number of carbonyl (C=O) groups excluding carboxylic acids is 1. The summed E-state index contributed by atoms with van der Waals surface area (Å²) in [6.45, 7) is 3.92. The average molecular weight is 327 g/mol. The summed E-state index contributed by atoms with van der Waals surface area (Å²) in [5.74, 6) is 0.890. The van der Waals surface area contributed by atoms with Crippen LogP contribution in [-0.4, -0.2) is 32.4 Å². The molecule has 0 radical (unpaired) electrons. The minimum absolute atomic E-state index is 0.137. The van der Waals surface area contributed by atoms with Gasteiger partial charge in [0, 0.05) is 18.0 Å². The SMILES string of the molecule is C=CCSCC(=O)Nc1ccc2c(c1)N(S(N)(=O)=O)CC2. The Morgan fingerprint density at radius 3 is 2.95 bits per heavy atom. The number of nitrogens with zero attached hydrogens (tertiary/aromatic N) is 1. The van der Waals surface area contributed by atoms with Gasteiger partial charge < -0.3 is 5.32 Å². The maximum atomic E-state index is 11.7. The second kappa shape index (κ2) is 6.50. The van der Waals surface area contributed by atoms with E-state index in [4.69, 9.17) is 5.14 Å². The van der Waals surface area contributed by atoms with Crippen molar-refractivity contribution >= 4 is 39.3 Å². The number of hydrogen-bond acceptors (Lipinski definition) is 4. The molecule has 0 aromatic heterocycles.